The predicted octanol–water partition coefficient (Wildman–Crippen LogP) is -2.15. The molecular formula is C8H18N2O11P2. The van der Waals surface area contributed by atoms with Crippen LogP contribution in [0, 0.1) is 0 Å². The third kappa shape index (κ3) is 20.7. The van der Waals surface area contributed by atoms with E-state index >= 15 is 0 Å². The summed E-state index contributed by atoms with van der Waals surface area (Å²) in [6.07, 6.45) is -1.46. The van der Waals surface area contributed by atoms with Crippen molar-refractivity contribution >= 4 is 33.0 Å². The van der Waals surface area contributed by atoms with E-state index in [4.69, 9.17) is 29.8 Å². The number of nitrogens with one attached hydrogen (secondary N) is 1. The van der Waals surface area contributed by atoms with E-state index in [9.17, 15) is 23.5 Å². The van der Waals surface area contributed by atoms with Crippen LogP contribution in [0.2, 0.25) is 0 Å². The lowest BCUT2D eigenvalue weighted by Gasteiger charge is -2.18. The van der Waals surface area contributed by atoms with Gasteiger partial charge in [0.1, 0.15) is 12.8 Å². The molecule has 0 aromatic rings. The van der Waals surface area contributed by atoms with E-state index in [1.54, 1.807) is 0 Å². The first kappa shape index (κ1) is 23.9. The molecule has 0 spiro atoms. The van der Waals surface area contributed by atoms with Crippen LogP contribution in [-0.2, 0) is 23.5 Å². The summed E-state index contributed by atoms with van der Waals surface area (Å²) < 4.78 is 20.5. The Morgan fingerprint density at radius 1 is 0.957 bits per heavy atom. The molecular weight excluding hydrogens is 362 g/mol. The Hall–Kier alpha value is -1.33. The average molecular weight is 380 g/mol. The molecule has 0 aliphatic carbocycles. The highest BCUT2D eigenvalue weighted by atomic mass is 31.2. The number of hydrogen-bond acceptors (Lipinski definition) is 6. The van der Waals surface area contributed by atoms with Crippen molar-refractivity contribution in [2.45, 2.75) is 6.92 Å². The molecule has 0 aromatic carbocycles. The molecule has 23 heavy (non-hydrogen) atoms. The summed E-state index contributed by atoms with van der Waals surface area (Å²) in [6.45, 7) is -0.107. The van der Waals surface area contributed by atoms with Gasteiger partial charge in [0.25, 0.3) is 0 Å². The maximum atomic E-state index is 10.7. The second kappa shape index (κ2) is 10.4. The highest BCUT2D eigenvalue weighted by molar-refractivity contribution is 7.51. The first-order valence-corrected chi connectivity index (χ1v) is 9.22. The molecule has 1 amide bonds. The Bertz CT molecular complexity index is 510. The fraction of sp³-hybridized carbons (Fsp3) is 0.625. The molecule has 7 N–H and O–H groups in total. The van der Waals surface area contributed by atoms with Crippen molar-refractivity contribution in [3.63, 3.8) is 0 Å². The summed E-state index contributed by atoms with van der Waals surface area (Å²) in [5.41, 5.74) is 0. The van der Waals surface area contributed by atoms with Crippen LogP contribution in [-0.4, -0.2) is 78.2 Å². The number of hydrogen-bond donors (Lipinski definition) is 7. The number of amides is 1. The fourth-order valence-corrected chi connectivity index (χ4v) is 2.10. The van der Waals surface area contributed by atoms with Gasteiger partial charge in [-0.15, -0.1) is 0 Å². The molecule has 0 aromatic heterocycles. The van der Waals surface area contributed by atoms with Crippen molar-refractivity contribution in [3.05, 3.63) is 0 Å². The lowest BCUT2D eigenvalue weighted by molar-refractivity contribution is -0.143. The van der Waals surface area contributed by atoms with Gasteiger partial charge in [0.2, 0.25) is 5.91 Å². The van der Waals surface area contributed by atoms with Crippen molar-refractivity contribution < 1.29 is 53.3 Å². The second-order valence-electron chi connectivity index (χ2n) is 4.06. The highest BCUT2D eigenvalue weighted by Crippen LogP contribution is 2.34. The molecule has 0 bridgehead atoms. The van der Waals surface area contributed by atoms with Crippen LogP contribution in [0.25, 0.3) is 0 Å². The van der Waals surface area contributed by atoms with Crippen molar-refractivity contribution in [1.82, 2.24) is 10.2 Å². The van der Waals surface area contributed by atoms with E-state index in [0.717, 1.165) is 6.92 Å². The number of carboxylic acid groups (broad SMARTS) is 2. The molecule has 0 atom stereocenters. The minimum atomic E-state index is -4.39. The van der Waals surface area contributed by atoms with Gasteiger partial charge in [0.05, 0.1) is 12.8 Å². The van der Waals surface area contributed by atoms with Crippen molar-refractivity contribution in [1.29, 1.82) is 0 Å². The normalized spacial score (nSPS) is 11.2. The molecule has 0 radical (unpaired) electrons. The van der Waals surface area contributed by atoms with Gasteiger partial charge in [-0.05, 0) is 0 Å². The van der Waals surface area contributed by atoms with Crippen LogP contribution < -0.4 is 5.32 Å². The second-order valence-corrected chi connectivity index (χ2v) is 7.32. The van der Waals surface area contributed by atoms with E-state index in [-0.39, 0.29) is 0 Å². The van der Waals surface area contributed by atoms with Crippen LogP contribution in [0.3, 0.4) is 0 Å². The Labute approximate surface area is 130 Å². The third-order valence-electron chi connectivity index (χ3n) is 1.72. The monoisotopic (exact) mass is 380 g/mol. The number of carbonyl (C=O) groups is 3. The maximum Gasteiger partial charge on any atom is 0.344 e. The number of nitrogens with zero attached hydrogens (tertiary/aromatic N) is 1. The average Bonchev–Trinajstić information content (AvgIpc) is 2.23. The number of rotatable bonds is 8. The molecule has 0 fully saturated rings. The molecule has 0 aliphatic heterocycles. The third-order valence-corrected chi connectivity index (χ3v) is 3.07. The highest BCUT2D eigenvalue weighted by Gasteiger charge is 2.22. The smallest absolute Gasteiger partial charge is 0.344 e. The molecule has 15 heteroatoms. The molecule has 0 saturated carbocycles. The maximum absolute atomic E-state index is 10.7. The molecule has 136 valence electrons. The summed E-state index contributed by atoms with van der Waals surface area (Å²) in [7, 11) is -8.49. The zero-order valence-electron chi connectivity index (χ0n) is 11.9. The molecule has 0 unspecified atom stereocenters. The molecule has 13 nitrogen and oxygen atoms in total. The van der Waals surface area contributed by atoms with Crippen molar-refractivity contribution in [2.75, 3.05) is 25.7 Å². The molecule has 0 saturated heterocycles. The zero-order valence-corrected chi connectivity index (χ0v) is 13.7. The summed E-state index contributed by atoms with van der Waals surface area (Å²) in [5.74, 6) is -3.15. The molecule has 0 aliphatic rings. The van der Waals surface area contributed by atoms with Gasteiger partial charge in [-0.3, -0.25) is 28.8 Å². The van der Waals surface area contributed by atoms with Crippen LogP contribution in [0.5, 0.6) is 0 Å². The first-order valence-electron chi connectivity index (χ1n) is 5.63. The van der Waals surface area contributed by atoms with E-state index in [1.165, 1.54) is 0 Å². The van der Waals surface area contributed by atoms with Gasteiger partial charge in [0, 0.05) is 6.92 Å². The molecule has 0 heterocycles. The van der Waals surface area contributed by atoms with Crippen molar-refractivity contribution in [2.24, 2.45) is 0 Å². The Balaban J connectivity index is 0. The van der Waals surface area contributed by atoms with Gasteiger partial charge < -0.3 is 34.7 Å². The summed E-state index contributed by atoms with van der Waals surface area (Å²) in [5, 5.41) is 18.3. The summed E-state index contributed by atoms with van der Waals surface area (Å²) in [6, 6.07) is 0. The summed E-state index contributed by atoms with van der Waals surface area (Å²) >= 11 is 0. The van der Waals surface area contributed by atoms with Gasteiger partial charge in [-0.1, -0.05) is 0 Å². The topological polar surface area (TPSA) is 222 Å². The minimum Gasteiger partial charge on any atom is -0.480 e. The summed E-state index contributed by atoms with van der Waals surface area (Å²) in [4.78, 5) is 64.5. The van der Waals surface area contributed by atoms with Gasteiger partial charge in [-0.25, -0.2) is 0 Å². The van der Waals surface area contributed by atoms with Crippen LogP contribution in [0.1, 0.15) is 6.92 Å². The Morgan fingerprint density at radius 2 is 1.43 bits per heavy atom. The fourth-order valence-electron chi connectivity index (χ4n) is 0.955. The van der Waals surface area contributed by atoms with Crippen LogP contribution >= 0.6 is 15.2 Å². The lowest BCUT2D eigenvalue weighted by atomic mass is 10.5. The quantitative estimate of drug-likeness (QED) is 0.224. The van der Waals surface area contributed by atoms with E-state index in [1.807, 2.05) is 0 Å². The predicted molar refractivity (Wildman–Crippen MR) is 74.5 cm³/mol. The minimum absolute atomic E-state index is 0.439. The Kier molecular flexibility index (Phi) is 10.9. The van der Waals surface area contributed by atoms with Crippen LogP contribution in [0.15, 0.2) is 0 Å². The SMILES string of the molecule is CC(=O)N(CC(=O)O)CP(=O)(O)O.O=C(O)CNCP(=O)(O)O. The van der Waals surface area contributed by atoms with Gasteiger partial charge in [-0.2, -0.15) is 0 Å². The Morgan fingerprint density at radius 3 is 1.70 bits per heavy atom. The molecule has 0 rings (SSSR count). The van der Waals surface area contributed by atoms with Gasteiger partial charge in [0.15, 0.2) is 0 Å². The van der Waals surface area contributed by atoms with E-state index in [2.05, 4.69) is 5.32 Å². The van der Waals surface area contributed by atoms with E-state index < -0.39 is 58.7 Å². The first-order chi connectivity index (χ1) is 10.1. The number of carbonyl (C=O) groups excluding carboxylic acids is 1. The number of carboxylic acids is 2. The standard InChI is InChI=1S/C5H10NO6P.C3H8NO5P/c1-4(7)6(2-5(8)9)3-13(10,11)12;5-3(6)1-4-2-10(7,8)9/h2-3H2,1H3,(H,8,9)(H2,10,11,12);4H,1-2H2,(H,5,6)(H2,7,8,9). The van der Waals surface area contributed by atoms with E-state index in [0.29, 0.717) is 4.90 Å². The van der Waals surface area contributed by atoms with Crippen LogP contribution in [0.4, 0.5) is 0 Å². The zero-order chi connectivity index (χ0) is 18.8. The largest absolute Gasteiger partial charge is 0.480 e. The number of aliphatic carboxylic acids is 2. The lowest BCUT2D eigenvalue weighted by Crippen LogP contribution is -2.34. The van der Waals surface area contributed by atoms with Crippen molar-refractivity contribution in [3.8, 4) is 0 Å². The van der Waals surface area contributed by atoms with Gasteiger partial charge >= 0.3 is 27.1 Å².